The van der Waals surface area contributed by atoms with E-state index in [4.69, 9.17) is 21.1 Å². The largest absolute Gasteiger partial charge is 0.387 e. The summed E-state index contributed by atoms with van der Waals surface area (Å²) >= 11 is 5.82. The molecule has 0 bridgehead atoms. The van der Waals surface area contributed by atoms with Crippen LogP contribution in [0.1, 0.15) is 18.1 Å². The maximum Gasteiger partial charge on any atom is 0.106 e. The molecule has 1 aromatic carbocycles. The van der Waals surface area contributed by atoms with E-state index < -0.39 is 6.10 Å². The third-order valence-corrected chi connectivity index (χ3v) is 3.79. The first kappa shape index (κ1) is 14.8. The van der Waals surface area contributed by atoms with Gasteiger partial charge in [-0.25, -0.2) is 0 Å². The van der Waals surface area contributed by atoms with Crippen LogP contribution in [0, 0.1) is 0 Å². The lowest BCUT2D eigenvalue weighted by Crippen LogP contribution is -2.44. The van der Waals surface area contributed by atoms with Crippen LogP contribution in [-0.2, 0) is 9.47 Å². The molecule has 0 amide bonds. The van der Waals surface area contributed by atoms with Gasteiger partial charge in [0.05, 0.1) is 12.7 Å². The van der Waals surface area contributed by atoms with Gasteiger partial charge in [-0.15, -0.1) is 0 Å². The number of hydrogen-bond acceptors (Lipinski definition) is 4. The molecule has 106 valence electrons. The second-order valence-electron chi connectivity index (χ2n) is 4.89. The van der Waals surface area contributed by atoms with Crippen LogP contribution in [0.15, 0.2) is 24.3 Å². The summed E-state index contributed by atoms with van der Waals surface area (Å²) in [5, 5.41) is 14.0. The monoisotopic (exact) mass is 285 g/mol. The smallest absolute Gasteiger partial charge is 0.106 e. The van der Waals surface area contributed by atoms with Gasteiger partial charge in [0.2, 0.25) is 0 Å². The molecule has 1 aliphatic rings. The van der Waals surface area contributed by atoms with Crippen molar-refractivity contribution in [1.29, 1.82) is 0 Å². The first-order valence-electron chi connectivity index (χ1n) is 6.42. The minimum absolute atomic E-state index is 0.250. The zero-order valence-electron chi connectivity index (χ0n) is 11.1. The van der Waals surface area contributed by atoms with E-state index in [9.17, 15) is 5.11 Å². The highest BCUT2D eigenvalue weighted by molar-refractivity contribution is 6.30. The van der Waals surface area contributed by atoms with Crippen molar-refractivity contribution in [3.63, 3.8) is 0 Å². The number of hydrogen-bond donors (Lipinski definition) is 2. The fraction of sp³-hybridized carbons (Fsp3) is 0.571. The standard InChI is InChI=1S/C14H20ClNO3/c1-18-14(6-7-19-10-14)9-16-8-13(17)11-2-4-12(15)5-3-11/h2-5,13,16-17H,6-10H2,1H3. The molecule has 0 spiro atoms. The van der Waals surface area contributed by atoms with Gasteiger partial charge in [0.15, 0.2) is 0 Å². The molecule has 1 heterocycles. The first-order valence-corrected chi connectivity index (χ1v) is 6.80. The van der Waals surface area contributed by atoms with E-state index >= 15 is 0 Å². The predicted molar refractivity (Wildman–Crippen MR) is 74.5 cm³/mol. The number of benzene rings is 1. The van der Waals surface area contributed by atoms with E-state index in [0.29, 0.717) is 24.7 Å². The third-order valence-electron chi connectivity index (χ3n) is 3.54. The predicted octanol–water partition coefficient (Wildman–Crippen LogP) is 1.77. The Balaban J connectivity index is 1.80. The van der Waals surface area contributed by atoms with Crippen molar-refractivity contribution in [3.05, 3.63) is 34.9 Å². The topological polar surface area (TPSA) is 50.7 Å². The van der Waals surface area contributed by atoms with Gasteiger partial charge in [-0.1, -0.05) is 23.7 Å². The zero-order chi connectivity index (χ0) is 13.7. The molecule has 2 unspecified atom stereocenters. The third kappa shape index (κ3) is 3.91. The number of nitrogens with one attached hydrogen (secondary N) is 1. The van der Waals surface area contributed by atoms with E-state index in [0.717, 1.165) is 18.6 Å². The molecule has 2 N–H and O–H groups in total. The second-order valence-corrected chi connectivity index (χ2v) is 5.32. The molecule has 0 saturated carbocycles. The van der Waals surface area contributed by atoms with Crippen LogP contribution in [0.5, 0.6) is 0 Å². The number of ether oxygens (including phenoxy) is 2. The highest BCUT2D eigenvalue weighted by Gasteiger charge is 2.34. The van der Waals surface area contributed by atoms with Crippen molar-refractivity contribution in [2.75, 3.05) is 33.4 Å². The van der Waals surface area contributed by atoms with Gasteiger partial charge in [-0.05, 0) is 17.7 Å². The molecular formula is C14H20ClNO3. The highest BCUT2D eigenvalue weighted by atomic mass is 35.5. The van der Waals surface area contributed by atoms with Crippen LogP contribution in [0.4, 0.5) is 0 Å². The molecule has 5 heteroatoms. The average molecular weight is 286 g/mol. The lowest BCUT2D eigenvalue weighted by molar-refractivity contribution is -0.0173. The molecule has 19 heavy (non-hydrogen) atoms. The van der Waals surface area contributed by atoms with Gasteiger partial charge in [0, 0.05) is 38.2 Å². The minimum Gasteiger partial charge on any atom is -0.387 e. The van der Waals surface area contributed by atoms with Crippen LogP contribution in [0.25, 0.3) is 0 Å². The van der Waals surface area contributed by atoms with Gasteiger partial charge < -0.3 is 19.9 Å². The van der Waals surface area contributed by atoms with E-state index in [2.05, 4.69) is 5.32 Å². The molecule has 2 atom stereocenters. The van der Waals surface area contributed by atoms with E-state index in [1.807, 2.05) is 12.1 Å². The first-order chi connectivity index (χ1) is 9.15. The molecule has 1 aliphatic heterocycles. The number of methoxy groups -OCH3 is 1. The van der Waals surface area contributed by atoms with Crippen molar-refractivity contribution in [2.24, 2.45) is 0 Å². The Hall–Kier alpha value is -0.650. The van der Waals surface area contributed by atoms with Crippen molar-refractivity contribution in [3.8, 4) is 0 Å². The summed E-state index contributed by atoms with van der Waals surface area (Å²) in [5.74, 6) is 0. The normalized spacial score (nSPS) is 24.6. The lowest BCUT2D eigenvalue weighted by atomic mass is 10.0. The van der Waals surface area contributed by atoms with E-state index in [1.165, 1.54) is 0 Å². The van der Waals surface area contributed by atoms with Gasteiger partial charge in [-0.3, -0.25) is 0 Å². The maximum atomic E-state index is 10.1. The SMILES string of the molecule is COC1(CNCC(O)c2ccc(Cl)cc2)CCOC1. The van der Waals surface area contributed by atoms with Crippen LogP contribution >= 0.6 is 11.6 Å². The summed E-state index contributed by atoms with van der Waals surface area (Å²) < 4.78 is 10.9. The quantitative estimate of drug-likeness (QED) is 0.836. The van der Waals surface area contributed by atoms with Gasteiger partial charge in [0.25, 0.3) is 0 Å². The van der Waals surface area contributed by atoms with Crippen LogP contribution in [-0.4, -0.2) is 44.1 Å². The fourth-order valence-corrected chi connectivity index (χ4v) is 2.33. The number of aliphatic hydroxyl groups excluding tert-OH is 1. The molecule has 1 saturated heterocycles. The molecule has 0 aromatic heterocycles. The second kappa shape index (κ2) is 6.68. The van der Waals surface area contributed by atoms with Crippen LogP contribution in [0.2, 0.25) is 5.02 Å². The van der Waals surface area contributed by atoms with Crippen LogP contribution < -0.4 is 5.32 Å². The summed E-state index contributed by atoms with van der Waals surface area (Å²) in [5.41, 5.74) is 0.603. The Kier molecular flexibility index (Phi) is 5.19. The molecule has 2 rings (SSSR count). The Labute approximate surface area is 118 Å². The average Bonchev–Trinajstić information content (AvgIpc) is 2.89. The number of halogens is 1. The summed E-state index contributed by atoms with van der Waals surface area (Å²) in [4.78, 5) is 0. The summed E-state index contributed by atoms with van der Waals surface area (Å²) in [7, 11) is 1.70. The zero-order valence-corrected chi connectivity index (χ0v) is 11.8. The van der Waals surface area contributed by atoms with Crippen molar-refractivity contribution in [2.45, 2.75) is 18.1 Å². The molecule has 1 aromatic rings. The molecule has 1 fully saturated rings. The molecule has 4 nitrogen and oxygen atoms in total. The van der Waals surface area contributed by atoms with Gasteiger partial charge >= 0.3 is 0 Å². The Morgan fingerprint density at radius 3 is 2.79 bits per heavy atom. The lowest BCUT2D eigenvalue weighted by Gasteiger charge is -2.26. The van der Waals surface area contributed by atoms with Crippen molar-refractivity contribution < 1.29 is 14.6 Å². The minimum atomic E-state index is -0.548. The molecular weight excluding hydrogens is 266 g/mol. The molecule has 0 radical (unpaired) electrons. The fourth-order valence-electron chi connectivity index (χ4n) is 2.20. The maximum absolute atomic E-state index is 10.1. The summed E-state index contributed by atoms with van der Waals surface area (Å²) in [6, 6.07) is 7.22. The van der Waals surface area contributed by atoms with Crippen LogP contribution in [0.3, 0.4) is 0 Å². The number of rotatable bonds is 6. The Morgan fingerprint density at radius 1 is 1.47 bits per heavy atom. The number of aliphatic hydroxyl groups is 1. The van der Waals surface area contributed by atoms with Gasteiger partial charge in [0.1, 0.15) is 5.60 Å². The Morgan fingerprint density at radius 2 is 2.21 bits per heavy atom. The van der Waals surface area contributed by atoms with E-state index in [1.54, 1.807) is 19.2 Å². The van der Waals surface area contributed by atoms with Crippen molar-refractivity contribution in [1.82, 2.24) is 5.32 Å². The summed E-state index contributed by atoms with van der Waals surface area (Å²) in [6.45, 7) is 2.49. The summed E-state index contributed by atoms with van der Waals surface area (Å²) in [6.07, 6.45) is 0.335. The highest BCUT2D eigenvalue weighted by Crippen LogP contribution is 2.22. The van der Waals surface area contributed by atoms with E-state index in [-0.39, 0.29) is 5.60 Å². The Bertz CT molecular complexity index is 390. The van der Waals surface area contributed by atoms with Crippen molar-refractivity contribution >= 4 is 11.6 Å². The molecule has 0 aliphatic carbocycles. The van der Waals surface area contributed by atoms with Gasteiger partial charge in [-0.2, -0.15) is 0 Å².